The minimum absolute atomic E-state index is 0.121. The maximum absolute atomic E-state index is 12.5. The number of aromatic nitrogens is 2. The van der Waals surface area contributed by atoms with Crippen LogP contribution in [-0.4, -0.2) is 46.7 Å². The standard InChI is InChI=1S/C20H27N3O3/c1-3-19-21-11-15-22(19)14-10-20(24)23-12-8-16(9-13-23)26-18-7-5-4-6-17(18)25-2/h4-7,11,15-16H,3,8-10,12-14H2,1-2H3. The third-order valence-corrected chi connectivity index (χ3v) is 4.84. The number of methoxy groups -OCH3 is 1. The fourth-order valence-electron chi connectivity index (χ4n) is 3.35. The van der Waals surface area contributed by atoms with Gasteiger partial charge in [0.15, 0.2) is 11.5 Å². The minimum Gasteiger partial charge on any atom is -0.493 e. The monoisotopic (exact) mass is 357 g/mol. The summed E-state index contributed by atoms with van der Waals surface area (Å²) in [6.07, 6.45) is 6.94. The van der Waals surface area contributed by atoms with Crippen molar-refractivity contribution in [2.75, 3.05) is 20.2 Å². The Hall–Kier alpha value is -2.50. The fourth-order valence-corrected chi connectivity index (χ4v) is 3.35. The Morgan fingerprint density at radius 3 is 2.65 bits per heavy atom. The van der Waals surface area contributed by atoms with Crippen LogP contribution in [-0.2, 0) is 17.8 Å². The van der Waals surface area contributed by atoms with Crippen molar-refractivity contribution in [1.82, 2.24) is 14.5 Å². The number of para-hydroxylation sites is 2. The van der Waals surface area contributed by atoms with Crippen LogP contribution in [0.1, 0.15) is 32.0 Å². The summed E-state index contributed by atoms with van der Waals surface area (Å²) in [4.78, 5) is 18.7. The molecule has 1 amide bonds. The van der Waals surface area contributed by atoms with Gasteiger partial charge in [0.2, 0.25) is 5.91 Å². The highest BCUT2D eigenvalue weighted by molar-refractivity contribution is 5.76. The smallest absolute Gasteiger partial charge is 0.224 e. The van der Waals surface area contributed by atoms with Gasteiger partial charge in [0, 0.05) is 57.7 Å². The van der Waals surface area contributed by atoms with Gasteiger partial charge in [0.25, 0.3) is 0 Å². The first-order chi connectivity index (χ1) is 12.7. The summed E-state index contributed by atoms with van der Waals surface area (Å²) in [6, 6.07) is 7.69. The molecule has 0 radical (unpaired) electrons. The molecule has 0 spiro atoms. The molecule has 3 rings (SSSR count). The van der Waals surface area contributed by atoms with Gasteiger partial charge in [-0.3, -0.25) is 4.79 Å². The zero-order chi connectivity index (χ0) is 18.4. The Morgan fingerprint density at radius 1 is 1.23 bits per heavy atom. The summed E-state index contributed by atoms with van der Waals surface area (Å²) in [6.45, 7) is 4.25. The van der Waals surface area contributed by atoms with E-state index in [9.17, 15) is 4.79 Å². The zero-order valence-electron chi connectivity index (χ0n) is 15.6. The first kappa shape index (κ1) is 18.3. The molecule has 0 unspecified atom stereocenters. The molecule has 6 heteroatoms. The SMILES string of the molecule is CCc1nccn1CCC(=O)N1CCC(Oc2ccccc2OC)CC1. The lowest BCUT2D eigenvalue weighted by Gasteiger charge is -2.32. The van der Waals surface area contributed by atoms with E-state index in [1.165, 1.54) is 0 Å². The number of hydrogen-bond acceptors (Lipinski definition) is 4. The van der Waals surface area contributed by atoms with Gasteiger partial charge in [-0.05, 0) is 12.1 Å². The molecule has 1 aromatic carbocycles. The van der Waals surface area contributed by atoms with Gasteiger partial charge < -0.3 is 18.9 Å². The van der Waals surface area contributed by atoms with E-state index in [-0.39, 0.29) is 12.0 Å². The second-order valence-corrected chi connectivity index (χ2v) is 6.49. The summed E-state index contributed by atoms with van der Waals surface area (Å²) >= 11 is 0. The van der Waals surface area contributed by atoms with Crippen LogP contribution in [0.25, 0.3) is 0 Å². The molecule has 6 nitrogen and oxygen atoms in total. The predicted molar refractivity (Wildman–Crippen MR) is 99.4 cm³/mol. The number of nitrogens with zero attached hydrogens (tertiary/aromatic N) is 3. The molecule has 0 aliphatic carbocycles. The maximum Gasteiger partial charge on any atom is 0.224 e. The fraction of sp³-hybridized carbons (Fsp3) is 0.500. The number of likely N-dealkylation sites (tertiary alicyclic amines) is 1. The third-order valence-electron chi connectivity index (χ3n) is 4.84. The summed E-state index contributed by atoms with van der Waals surface area (Å²) in [7, 11) is 1.65. The summed E-state index contributed by atoms with van der Waals surface area (Å²) in [5, 5.41) is 0. The van der Waals surface area contributed by atoms with Crippen molar-refractivity contribution >= 4 is 5.91 Å². The van der Waals surface area contributed by atoms with Crippen molar-refractivity contribution in [3.8, 4) is 11.5 Å². The summed E-state index contributed by atoms with van der Waals surface area (Å²) in [5.41, 5.74) is 0. The van der Waals surface area contributed by atoms with E-state index in [0.717, 1.165) is 49.7 Å². The molecule has 1 aliphatic rings. The molecule has 0 bridgehead atoms. The van der Waals surface area contributed by atoms with E-state index < -0.39 is 0 Å². The van der Waals surface area contributed by atoms with Crippen molar-refractivity contribution < 1.29 is 14.3 Å². The van der Waals surface area contributed by atoms with Crippen LogP contribution < -0.4 is 9.47 Å². The number of rotatable bonds is 7. The third kappa shape index (κ3) is 4.36. The Labute approximate surface area is 154 Å². The lowest BCUT2D eigenvalue weighted by Crippen LogP contribution is -2.42. The number of carbonyl (C=O) groups excluding carboxylic acids is 1. The van der Waals surface area contributed by atoms with Crippen molar-refractivity contribution in [3.63, 3.8) is 0 Å². The molecule has 0 saturated carbocycles. The zero-order valence-corrected chi connectivity index (χ0v) is 15.6. The van der Waals surface area contributed by atoms with Gasteiger partial charge in [0.1, 0.15) is 11.9 Å². The largest absolute Gasteiger partial charge is 0.493 e. The lowest BCUT2D eigenvalue weighted by molar-refractivity contribution is -0.133. The number of piperidine rings is 1. The molecular weight excluding hydrogens is 330 g/mol. The normalized spacial score (nSPS) is 15.1. The number of aryl methyl sites for hydroxylation is 2. The molecule has 140 valence electrons. The highest BCUT2D eigenvalue weighted by Crippen LogP contribution is 2.29. The average Bonchev–Trinajstić information content (AvgIpc) is 3.14. The van der Waals surface area contributed by atoms with Crippen molar-refractivity contribution in [1.29, 1.82) is 0 Å². The van der Waals surface area contributed by atoms with E-state index >= 15 is 0 Å². The second-order valence-electron chi connectivity index (χ2n) is 6.49. The number of imidazole rings is 1. The van der Waals surface area contributed by atoms with Crippen LogP contribution in [0.5, 0.6) is 11.5 Å². The molecule has 2 aromatic rings. The van der Waals surface area contributed by atoms with E-state index in [0.29, 0.717) is 13.0 Å². The van der Waals surface area contributed by atoms with E-state index in [2.05, 4.69) is 16.5 Å². The van der Waals surface area contributed by atoms with Crippen molar-refractivity contribution in [2.45, 2.75) is 45.3 Å². The Balaban J connectivity index is 1.46. The van der Waals surface area contributed by atoms with Gasteiger partial charge in [-0.25, -0.2) is 4.98 Å². The number of amides is 1. The highest BCUT2D eigenvalue weighted by atomic mass is 16.5. The Kier molecular flexibility index (Phi) is 6.15. The topological polar surface area (TPSA) is 56.6 Å². The molecule has 2 heterocycles. The number of hydrogen-bond donors (Lipinski definition) is 0. The van der Waals surface area contributed by atoms with Crippen LogP contribution in [0.3, 0.4) is 0 Å². The molecule has 26 heavy (non-hydrogen) atoms. The van der Waals surface area contributed by atoms with Gasteiger partial charge in [-0.15, -0.1) is 0 Å². The summed E-state index contributed by atoms with van der Waals surface area (Å²) in [5.74, 6) is 2.75. The molecule has 1 fully saturated rings. The van der Waals surface area contributed by atoms with Crippen molar-refractivity contribution in [2.24, 2.45) is 0 Å². The molecule has 0 N–H and O–H groups in total. The quantitative estimate of drug-likeness (QED) is 0.764. The number of ether oxygens (including phenoxy) is 2. The summed E-state index contributed by atoms with van der Waals surface area (Å²) < 4.78 is 13.5. The Bertz CT molecular complexity index is 721. The molecule has 0 atom stereocenters. The molecular formula is C20H27N3O3. The maximum atomic E-state index is 12.5. The second kappa shape index (κ2) is 8.74. The van der Waals surface area contributed by atoms with Gasteiger partial charge in [-0.2, -0.15) is 0 Å². The number of carbonyl (C=O) groups is 1. The van der Waals surface area contributed by atoms with Crippen LogP contribution in [0.4, 0.5) is 0 Å². The van der Waals surface area contributed by atoms with E-state index in [1.807, 2.05) is 35.4 Å². The first-order valence-electron chi connectivity index (χ1n) is 9.28. The van der Waals surface area contributed by atoms with E-state index in [1.54, 1.807) is 13.3 Å². The minimum atomic E-state index is 0.121. The molecule has 1 aliphatic heterocycles. The first-order valence-corrected chi connectivity index (χ1v) is 9.28. The van der Waals surface area contributed by atoms with Crippen molar-refractivity contribution in [3.05, 3.63) is 42.5 Å². The van der Waals surface area contributed by atoms with Gasteiger partial charge in [-0.1, -0.05) is 19.1 Å². The van der Waals surface area contributed by atoms with Gasteiger partial charge >= 0.3 is 0 Å². The van der Waals surface area contributed by atoms with Crippen LogP contribution in [0, 0.1) is 0 Å². The average molecular weight is 357 g/mol. The predicted octanol–water partition coefficient (Wildman–Crippen LogP) is 2.91. The highest BCUT2D eigenvalue weighted by Gasteiger charge is 2.24. The van der Waals surface area contributed by atoms with Gasteiger partial charge in [0.05, 0.1) is 7.11 Å². The van der Waals surface area contributed by atoms with Crippen LogP contribution >= 0.6 is 0 Å². The molecule has 1 saturated heterocycles. The van der Waals surface area contributed by atoms with Crippen LogP contribution in [0.15, 0.2) is 36.7 Å². The lowest BCUT2D eigenvalue weighted by atomic mass is 10.1. The Morgan fingerprint density at radius 2 is 1.96 bits per heavy atom. The van der Waals surface area contributed by atoms with Crippen LogP contribution in [0.2, 0.25) is 0 Å². The van der Waals surface area contributed by atoms with E-state index in [4.69, 9.17) is 9.47 Å². The number of benzene rings is 1. The molecule has 1 aromatic heterocycles.